The van der Waals surface area contributed by atoms with Crippen molar-refractivity contribution in [3.63, 3.8) is 0 Å². The van der Waals surface area contributed by atoms with E-state index in [9.17, 15) is 110 Å². The standard InChI is InChI=1S/C20H14F24O3/c1-6(8(45)47-5-12(27,28)16(35,36)20(43,44)18(39,40)14(31,32)10(23)24)3-7(2)46-4-11(25,26)15(33,34)19(41,42)17(37,38)13(29,30)9(21)22/h6,9-10H,2-5H2,1H3. The zero-order valence-corrected chi connectivity index (χ0v) is 21.9. The van der Waals surface area contributed by atoms with E-state index in [1.165, 1.54) is 0 Å². The molecule has 0 aromatic rings. The number of esters is 1. The van der Waals surface area contributed by atoms with Crippen LogP contribution in [0.2, 0.25) is 0 Å². The summed E-state index contributed by atoms with van der Waals surface area (Å²) in [5.41, 5.74) is 0. The van der Waals surface area contributed by atoms with Gasteiger partial charge in [0.2, 0.25) is 0 Å². The van der Waals surface area contributed by atoms with Crippen molar-refractivity contribution in [2.75, 3.05) is 13.2 Å². The van der Waals surface area contributed by atoms with E-state index in [4.69, 9.17) is 0 Å². The Morgan fingerprint density at radius 3 is 1.06 bits per heavy atom. The molecule has 0 rings (SSSR count). The van der Waals surface area contributed by atoms with Crippen molar-refractivity contribution in [2.24, 2.45) is 5.92 Å². The predicted octanol–water partition coefficient (Wildman–Crippen LogP) is 8.97. The lowest BCUT2D eigenvalue weighted by molar-refractivity contribution is -0.414. The molecule has 0 N–H and O–H groups in total. The fourth-order valence-corrected chi connectivity index (χ4v) is 2.71. The Morgan fingerprint density at radius 2 is 0.787 bits per heavy atom. The molecule has 0 radical (unpaired) electrons. The normalized spacial score (nSPS) is 16.1. The number of carbonyl (C=O) groups is 1. The minimum Gasteiger partial charge on any atom is -0.492 e. The Morgan fingerprint density at radius 1 is 0.511 bits per heavy atom. The molecule has 0 heterocycles. The number of carbonyl (C=O) groups excluding carboxylic acids is 1. The maximum Gasteiger partial charge on any atom is 0.384 e. The summed E-state index contributed by atoms with van der Waals surface area (Å²) in [6, 6.07) is 0. The van der Waals surface area contributed by atoms with Gasteiger partial charge in [-0.05, 0) is 0 Å². The largest absolute Gasteiger partial charge is 0.492 e. The Kier molecular flexibility index (Phi) is 12.2. The van der Waals surface area contributed by atoms with Gasteiger partial charge in [-0.3, -0.25) is 4.79 Å². The number of allylic oxidation sites excluding steroid dienone is 1. The van der Waals surface area contributed by atoms with E-state index >= 15 is 0 Å². The lowest BCUT2D eigenvalue weighted by Gasteiger charge is -2.39. The Bertz CT molecular complexity index is 1110. The number of alkyl halides is 24. The molecule has 27 heteroatoms. The van der Waals surface area contributed by atoms with E-state index in [0.717, 1.165) is 0 Å². The molecule has 0 bridgehead atoms. The molecule has 0 aliphatic rings. The van der Waals surface area contributed by atoms with Crippen molar-refractivity contribution in [2.45, 2.75) is 85.4 Å². The third kappa shape index (κ3) is 7.21. The van der Waals surface area contributed by atoms with E-state index in [-0.39, 0.29) is 0 Å². The Hall–Kier alpha value is -2.67. The summed E-state index contributed by atoms with van der Waals surface area (Å²) in [5, 5.41) is 0. The summed E-state index contributed by atoms with van der Waals surface area (Å²) < 4.78 is 322. The molecule has 0 saturated carbocycles. The number of rotatable bonds is 18. The van der Waals surface area contributed by atoms with Gasteiger partial charge < -0.3 is 9.47 Å². The first-order valence-electron chi connectivity index (χ1n) is 11.1. The average molecular weight is 758 g/mol. The van der Waals surface area contributed by atoms with Gasteiger partial charge in [0.05, 0.1) is 11.7 Å². The highest BCUT2D eigenvalue weighted by atomic mass is 19.4. The topological polar surface area (TPSA) is 35.5 Å². The summed E-state index contributed by atoms with van der Waals surface area (Å²) in [6.07, 6.45) is -13.2. The molecule has 0 fully saturated rings. The summed E-state index contributed by atoms with van der Waals surface area (Å²) in [5.74, 6) is -81.6. The lowest BCUT2D eigenvalue weighted by Crippen LogP contribution is -2.69. The third-order valence-electron chi connectivity index (χ3n) is 5.67. The van der Waals surface area contributed by atoms with Gasteiger partial charge >= 0.3 is 78.0 Å². The van der Waals surface area contributed by atoms with Crippen molar-refractivity contribution in [1.82, 2.24) is 0 Å². The molecular weight excluding hydrogens is 744 g/mol. The van der Waals surface area contributed by atoms with Crippen LogP contribution in [0.25, 0.3) is 0 Å². The van der Waals surface area contributed by atoms with Crippen LogP contribution in [0.5, 0.6) is 0 Å². The summed E-state index contributed by atoms with van der Waals surface area (Å²) in [4.78, 5) is 11.7. The first kappa shape index (κ1) is 44.3. The van der Waals surface area contributed by atoms with Crippen LogP contribution >= 0.6 is 0 Å². The molecular formula is C20H14F24O3. The van der Waals surface area contributed by atoms with Crippen LogP contribution in [0, 0.1) is 5.92 Å². The number of hydrogen-bond acceptors (Lipinski definition) is 3. The quantitative estimate of drug-likeness (QED) is 0.0796. The number of halogens is 24. The van der Waals surface area contributed by atoms with Crippen molar-refractivity contribution in [3.05, 3.63) is 12.3 Å². The molecule has 0 aliphatic carbocycles. The average Bonchev–Trinajstić information content (AvgIpc) is 2.89. The molecule has 280 valence electrons. The molecule has 0 aromatic carbocycles. The second-order valence-corrected chi connectivity index (χ2v) is 9.24. The van der Waals surface area contributed by atoms with E-state index in [0.29, 0.717) is 6.92 Å². The van der Waals surface area contributed by atoms with Crippen molar-refractivity contribution < 1.29 is 120 Å². The number of ether oxygens (including phenoxy) is 2. The van der Waals surface area contributed by atoms with Crippen molar-refractivity contribution >= 4 is 5.97 Å². The van der Waals surface area contributed by atoms with Crippen LogP contribution in [0.3, 0.4) is 0 Å². The third-order valence-corrected chi connectivity index (χ3v) is 5.67. The second kappa shape index (κ2) is 13.0. The van der Waals surface area contributed by atoms with Gasteiger partial charge in [0.1, 0.15) is 0 Å². The van der Waals surface area contributed by atoms with Gasteiger partial charge in [-0.15, -0.1) is 0 Å². The summed E-state index contributed by atoms with van der Waals surface area (Å²) >= 11 is 0. The smallest absolute Gasteiger partial charge is 0.384 e. The summed E-state index contributed by atoms with van der Waals surface area (Å²) in [6.45, 7) is -3.85. The van der Waals surface area contributed by atoms with E-state index in [1.807, 2.05) is 0 Å². The maximum atomic E-state index is 13.7. The van der Waals surface area contributed by atoms with E-state index < -0.39 is 109 Å². The second-order valence-electron chi connectivity index (χ2n) is 9.24. The highest BCUT2D eigenvalue weighted by Crippen LogP contribution is 2.59. The van der Waals surface area contributed by atoms with Crippen LogP contribution in [0.4, 0.5) is 105 Å². The van der Waals surface area contributed by atoms with Crippen LogP contribution in [0.15, 0.2) is 12.3 Å². The predicted molar refractivity (Wildman–Crippen MR) is 101 cm³/mol. The van der Waals surface area contributed by atoms with E-state index in [2.05, 4.69) is 16.1 Å². The van der Waals surface area contributed by atoms with Crippen molar-refractivity contribution in [1.29, 1.82) is 0 Å². The maximum absolute atomic E-state index is 13.7. The lowest BCUT2D eigenvalue weighted by atomic mass is 9.94. The van der Waals surface area contributed by atoms with Gasteiger partial charge in [-0.1, -0.05) is 13.5 Å². The van der Waals surface area contributed by atoms with Crippen LogP contribution in [-0.4, -0.2) is 91.3 Å². The highest BCUT2D eigenvalue weighted by Gasteiger charge is 2.89. The first-order chi connectivity index (χ1) is 20.3. The van der Waals surface area contributed by atoms with Crippen LogP contribution in [-0.2, 0) is 14.3 Å². The molecule has 0 aliphatic heterocycles. The van der Waals surface area contributed by atoms with E-state index in [1.54, 1.807) is 0 Å². The van der Waals surface area contributed by atoms with Gasteiger partial charge in [-0.25, -0.2) is 17.6 Å². The molecule has 0 amide bonds. The molecule has 47 heavy (non-hydrogen) atoms. The molecule has 1 atom stereocenters. The minimum absolute atomic E-state index is 0.340. The summed E-state index contributed by atoms with van der Waals surface area (Å²) in [7, 11) is 0. The Balaban J connectivity index is 5.70. The molecule has 0 aromatic heterocycles. The highest BCUT2D eigenvalue weighted by molar-refractivity contribution is 5.72. The van der Waals surface area contributed by atoms with Gasteiger partial charge in [-0.2, -0.15) is 87.8 Å². The monoisotopic (exact) mass is 758 g/mol. The van der Waals surface area contributed by atoms with Gasteiger partial charge in [0.25, 0.3) is 0 Å². The first-order valence-corrected chi connectivity index (χ1v) is 11.1. The van der Waals surface area contributed by atoms with Gasteiger partial charge in [0, 0.05) is 6.42 Å². The Labute approximate surface area is 243 Å². The molecule has 0 spiro atoms. The van der Waals surface area contributed by atoms with Crippen molar-refractivity contribution in [3.8, 4) is 0 Å². The fraction of sp³-hybridized carbons (Fsp3) is 0.850. The molecule has 1 unspecified atom stereocenters. The molecule has 3 nitrogen and oxygen atoms in total. The van der Waals surface area contributed by atoms with Crippen LogP contribution < -0.4 is 0 Å². The van der Waals surface area contributed by atoms with Crippen LogP contribution in [0.1, 0.15) is 13.3 Å². The zero-order valence-electron chi connectivity index (χ0n) is 21.9. The van der Waals surface area contributed by atoms with Gasteiger partial charge in [0.15, 0.2) is 13.2 Å². The zero-order chi connectivity index (χ0) is 38.4. The minimum atomic E-state index is -8.01. The SMILES string of the molecule is C=C(CC(C)C(=O)OCC(F)(F)C(F)(F)C(F)(F)C(F)(F)C(F)(F)C(F)F)OCC(F)(F)C(F)(F)C(F)(F)C(F)(F)C(F)(F)C(F)F. The number of hydrogen-bond donors (Lipinski definition) is 0. The fourth-order valence-electron chi connectivity index (χ4n) is 2.71. The molecule has 0 saturated heterocycles.